The molecule has 0 saturated carbocycles. The normalized spacial score (nSPS) is 10.6. The average Bonchev–Trinajstić information content (AvgIpc) is 2.70. The lowest BCUT2D eigenvalue weighted by molar-refractivity contribution is 0.527. The Morgan fingerprint density at radius 2 is 2.20 bits per heavy atom. The average molecular weight is 292 g/mol. The summed E-state index contributed by atoms with van der Waals surface area (Å²) in [4.78, 5) is 0. The maximum atomic E-state index is 13.0. The van der Waals surface area contributed by atoms with E-state index < -0.39 is 0 Å². The third-order valence-corrected chi connectivity index (χ3v) is 2.58. The van der Waals surface area contributed by atoms with Gasteiger partial charge in [-0.25, -0.2) is 4.39 Å². The maximum absolute atomic E-state index is 13.0. The first kappa shape index (κ1) is 10.6. The lowest BCUT2D eigenvalue weighted by Crippen LogP contribution is -1.81. The van der Waals surface area contributed by atoms with Crippen molar-refractivity contribution in [2.24, 2.45) is 0 Å². The zero-order valence-electron chi connectivity index (χ0n) is 7.38. The molecule has 6 heteroatoms. The number of benzene rings is 1. The van der Waals surface area contributed by atoms with Crippen LogP contribution < -0.4 is 0 Å². The second-order valence-corrected chi connectivity index (χ2v) is 3.89. The fourth-order valence-electron chi connectivity index (χ4n) is 1.05. The molecular weight excluding hydrogens is 286 g/mol. The van der Waals surface area contributed by atoms with Gasteiger partial charge >= 0.3 is 0 Å². The third-order valence-electron chi connectivity index (χ3n) is 1.75. The van der Waals surface area contributed by atoms with E-state index in [9.17, 15) is 4.39 Å². The van der Waals surface area contributed by atoms with Crippen molar-refractivity contribution in [3.63, 3.8) is 0 Å². The van der Waals surface area contributed by atoms with Gasteiger partial charge in [-0.2, -0.15) is 0 Å². The number of nitrogens with zero attached hydrogens (tertiary/aromatic N) is 2. The Bertz CT molecular complexity index is 489. The highest BCUT2D eigenvalue weighted by atomic mass is 79.9. The van der Waals surface area contributed by atoms with Gasteiger partial charge in [-0.15, -0.1) is 21.8 Å². The van der Waals surface area contributed by atoms with Crippen LogP contribution in [0.1, 0.15) is 5.89 Å². The Kier molecular flexibility index (Phi) is 3.02. The molecule has 0 fully saturated rings. The van der Waals surface area contributed by atoms with Crippen LogP contribution in [0.2, 0.25) is 0 Å². The number of alkyl halides is 1. The maximum Gasteiger partial charge on any atom is 0.247 e. The molecule has 0 aliphatic rings. The van der Waals surface area contributed by atoms with Crippen molar-refractivity contribution in [2.45, 2.75) is 5.88 Å². The molecule has 0 bridgehead atoms. The van der Waals surface area contributed by atoms with E-state index in [-0.39, 0.29) is 11.7 Å². The van der Waals surface area contributed by atoms with E-state index in [4.69, 9.17) is 16.0 Å². The van der Waals surface area contributed by atoms with Gasteiger partial charge in [0.25, 0.3) is 0 Å². The van der Waals surface area contributed by atoms with Gasteiger partial charge in [0, 0.05) is 5.56 Å². The molecule has 15 heavy (non-hydrogen) atoms. The quantitative estimate of drug-likeness (QED) is 0.796. The summed E-state index contributed by atoms with van der Waals surface area (Å²) in [7, 11) is 0. The van der Waals surface area contributed by atoms with E-state index >= 15 is 0 Å². The van der Waals surface area contributed by atoms with Gasteiger partial charge in [0.1, 0.15) is 11.7 Å². The van der Waals surface area contributed by atoms with Crippen LogP contribution in [0.5, 0.6) is 0 Å². The van der Waals surface area contributed by atoms with Crippen LogP contribution in [0, 0.1) is 5.82 Å². The SMILES string of the molecule is Fc1ccc(-c2nnc(CCl)o2)cc1Br. The fourth-order valence-corrected chi connectivity index (χ4v) is 1.54. The third kappa shape index (κ3) is 2.18. The number of hydrogen-bond acceptors (Lipinski definition) is 3. The van der Waals surface area contributed by atoms with Crippen LogP contribution in [0.3, 0.4) is 0 Å². The van der Waals surface area contributed by atoms with E-state index in [1.165, 1.54) is 6.07 Å². The molecule has 1 aromatic carbocycles. The van der Waals surface area contributed by atoms with Gasteiger partial charge in [-0.1, -0.05) is 0 Å². The van der Waals surface area contributed by atoms with Gasteiger partial charge in [0.15, 0.2) is 0 Å². The van der Waals surface area contributed by atoms with Crippen LogP contribution in [0.25, 0.3) is 11.5 Å². The Morgan fingerprint density at radius 3 is 2.80 bits per heavy atom. The highest BCUT2D eigenvalue weighted by Crippen LogP contribution is 2.24. The van der Waals surface area contributed by atoms with Crippen LogP contribution in [-0.4, -0.2) is 10.2 Å². The summed E-state index contributed by atoms with van der Waals surface area (Å²) in [6, 6.07) is 4.45. The first-order valence-electron chi connectivity index (χ1n) is 4.04. The molecule has 0 aliphatic carbocycles. The van der Waals surface area contributed by atoms with Crippen LogP contribution >= 0.6 is 27.5 Å². The summed E-state index contributed by atoms with van der Waals surface area (Å²) in [6.07, 6.45) is 0. The van der Waals surface area contributed by atoms with Gasteiger partial charge in [0.05, 0.1) is 4.47 Å². The molecular formula is C9H5BrClFN2O. The topological polar surface area (TPSA) is 38.9 Å². The van der Waals surface area contributed by atoms with Crippen molar-refractivity contribution in [1.82, 2.24) is 10.2 Å². The van der Waals surface area contributed by atoms with Crippen molar-refractivity contribution in [1.29, 1.82) is 0 Å². The standard InChI is InChI=1S/C9H5BrClFN2O/c10-6-3-5(1-2-7(6)12)9-14-13-8(4-11)15-9/h1-3H,4H2. The molecule has 3 nitrogen and oxygen atoms in total. The van der Waals surface area contributed by atoms with Gasteiger partial charge in [0.2, 0.25) is 11.8 Å². The van der Waals surface area contributed by atoms with Crippen LogP contribution in [0.4, 0.5) is 4.39 Å². The van der Waals surface area contributed by atoms with E-state index in [1.54, 1.807) is 12.1 Å². The predicted molar refractivity (Wildman–Crippen MR) is 56.9 cm³/mol. The molecule has 0 atom stereocenters. The fraction of sp³-hybridized carbons (Fsp3) is 0.111. The molecule has 2 rings (SSSR count). The Morgan fingerprint density at radius 1 is 1.40 bits per heavy atom. The first-order valence-corrected chi connectivity index (χ1v) is 5.37. The van der Waals surface area contributed by atoms with Crippen molar-refractivity contribution >= 4 is 27.5 Å². The zero-order chi connectivity index (χ0) is 10.8. The van der Waals surface area contributed by atoms with E-state index in [0.29, 0.717) is 21.8 Å². The Balaban J connectivity index is 2.40. The molecule has 0 N–H and O–H groups in total. The highest BCUT2D eigenvalue weighted by Gasteiger charge is 2.09. The monoisotopic (exact) mass is 290 g/mol. The Hall–Kier alpha value is -0.940. The van der Waals surface area contributed by atoms with Gasteiger partial charge in [-0.05, 0) is 34.1 Å². The molecule has 1 aromatic heterocycles. The summed E-state index contributed by atoms with van der Waals surface area (Å²) in [5.74, 6) is 0.490. The largest absolute Gasteiger partial charge is 0.419 e. The number of hydrogen-bond donors (Lipinski definition) is 0. The molecule has 78 valence electrons. The van der Waals surface area contributed by atoms with E-state index in [2.05, 4.69) is 26.1 Å². The smallest absolute Gasteiger partial charge is 0.247 e. The highest BCUT2D eigenvalue weighted by molar-refractivity contribution is 9.10. The molecule has 0 spiro atoms. The summed E-state index contributed by atoms with van der Waals surface area (Å²) >= 11 is 8.59. The van der Waals surface area contributed by atoms with Crippen molar-refractivity contribution < 1.29 is 8.81 Å². The second kappa shape index (κ2) is 4.28. The Labute approximate surface area is 98.4 Å². The minimum absolute atomic E-state index is 0.162. The van der Waals surface area contributed by atoms with Crippen molar-refractivity contribution in [2.75, 3.05) is 0 Å². The van der Waals surface area contributed by atoms with Gasteiger partial charge in [-0.3, -0.25) is 0 Å². The minimum Gasteiger partial charge on any atom is -0.419 e. The zero-order valence-corrected chi connectivity index (χ0v) is 9.72. The second-order valence-electron chi connectivity index (χ2n) is 2.76. The van der Waals surface area contributed by atoms with Crippen molar-refractivity contribution in [3.8, 4) is 11.5 Å². The first-order chi connectivity index (χ1) is 7.20. The molecule has 0 aliphatic heterocycles. The van der Waals surface area contributed by atoms with Gasteiger partial charge < -0.3 is 4.42 Å². The number of rotatable bonds is 2. The summed E-state index contributed by atoms with van der Waals surface area (Å²) < 4.78 is 18.5. The number of aromatic nitrogens is 2. The lowest BCUT2D eigenvalue weighted by Gasteiger charge is -1.96. The molecule has 0 saturated heterocycles. The van der Waals surface area contributed by atoms with Crippen LogP contribution in [0.15, 0.2) is 27.1 Å². The number of halogens is 3. The predicted octanol–water partition coefficient (Wildman–Crippen LogP) is 3.38. The summed E-state index contributed by atoms with van der Waals surface area (Å²) in [5.41, 5.74) is 0.646. The van der Waals surface area contributed by atoms with E-state index in [0.717, 1.165) is 0 Å². The lowest BCUT2D eigenvalue weighted by atomic mass is 10.2. The summed E-state index contributed by atoms with van der Waals surface area (Å²) in [6.45, 7) is 0. The molecule has 2 aromatic rings. The molecule has 0 unspecified atom stereocenters. The van der Waals surface area contributed by atoms with Crippen molar-refractivity contribution in [3.05, 3.63) is 34.4 Å². The van der Waals surface area contributed by atoms with Crippen LogP contribution in [-0.2, 0) is 5.88 Å². The summed E-state index contributed by atoms with van der Waals surface area (Å²) in [5, 5.41) is 7.49. The molecule has 0 radical (unpaired) electrons. The molecule has 1 heterocycles. The molecule has 0 amide bonds. The van der Waals surface area contributed by atoms with E-state index in [1.807, 2.05) is 0 Å². The minimum atomic E-state index is -0.337.